The van der Waals surface area contributed by atoms with Gasteiger partial charge in [0.1, 0.15) is 16.5 Å². The largest absolute Gasteiger partial charge is 0.490 e. The van der Waals surface area contributed by atoms with Crippen LogP contribution in [-0.4, -0.2) is 35.1 Å². The SMILES string of the molecule is N#Cc1cccc(Cn2ccc(OC3CCN(C=O)CC3)cc2=S)c1. The standard InChI is InChI=1S/C19H19N3O2S/c20-12-15-2-1-3-16(10-15)13-22-9-6-18(11-19(22)25)24-17-4-7-21(14-23)8-5-17/h1-3,6,9-11,14,17H,4-5,7-8,13H2. The first-order valence-corrected chi connectivity index (χ1v) is 8.64. The van der Waals surface area contributed by atoms with Crippen LogP contribution in [0.4, 0.5) is 0 Å². The summed E-state index contributed by atoms with van der Waals surface area (Å²) >= 11 is 5.47. The summed E-state index contributed by atoms with van der Waals surface area (Å²) in [5.74, 6) is 0.761. The van der Waals surface area contributed by atoms with Gasteiger partial charge in [0.25, 0.3) is 0 Å². The van der Waals surface area contributed by atoms with Crippen LogP contribution in [0.2, 0.25) is 0 Å². The van der Waals surface area contributed by atoms with E-state index in [1.54, 1.807) is 11.0 Å². The van der Waals surface area contributed by atoms with Crippen LogP contribution in [-0.2, 0) is 11.3 Å². The lowest BCUT2D eigenvalue weighted by molar-refractivity contribution is -0.119. The third-order valence-corrected chi connectivity index (χ3v) is 4.66. The van der Waals surface area contributed by atoms with Gasteiger partial charge in [0.05, 0.1) is 11.6 Å². The quantitative estimate of drug-likeness (QED) is 0.612. The average molecular weight is 353 g/mol. The van der Waals surface area contributed by atoms with Crippen molar-refractivity contribution in [1.82, 2.24) is 9.47 Å². The second-order valence-electron chi connectivity index (χ2n) is 6.10. The average Bonchev–Trinajstić information content (AvgIpc) is 2.65. The fourth-order valence-corrected chi connectivity index (χ4v) is 3.16. The topological polar surface area (TPSA) is 58.3 Å². The summed E-state index contributed by atoms with van der Waals surface area (Å²) in [6.07, 6.45) is 4.60. The van der Waals surface area contributed by atoms with Gasteiger partial charge in [-0.15, -0.1) is 0 Å². The number of rotatable bonds is 5. The number of pyridine rings is 1. The van der Waals surface area contributed by atoms with Crippen molar-refractivity contribution in [3.8, 4) is 11.8 Å². The molecule has 0 spiro atoms. The van der Waals surface area contributed by atoms with E-state index in [4.69, 9.17) is 22.2 Å². The maximum Gasteiger partial charge on any atom is 0.209 e. The highest BCUT2D eigenvalue weighted by molar-refractivity contribution is 7.71. The first-order chi connectivity index (χ1) is 12.2. The molecule has 2 heterocycles. The number of hydrogen-bond donors (Lipinski definition) is 0. The number of ether oxygens (including phenoxy) is 1. The number of benzene rings is 1. The Labute approximate surface area is 152 Å². The van der Waals surface area contributed by atoms with E-state index in [-0.39, 0.29) is 6.10 Å². The summed E-state index contributed by atoms with van der Waals surface area (Å²) in [6, 6.07) is 13.4. The number of carbonyl (C=O) groups excluding carboxylic acids is 1. The lowest BCUT2D eigenvalue weighted by Crippen LogP contribution is -2.37. The summed E-state index contributed by atoms with van der Waals surface area (Å²) in [5, 5.41) is 8.99. The highest BCUT2D eigenvalue weighted by Crippen LogP contribution is 2.19. The van der Waals surface area contributed by atoms with Crippen LogP contribution >= 0.6 is 12.2 Å². The van der Waals surface area contributed by atoms with E-state index in [1.165, 1.54) is 0 Å². The molecule has 1 fully saturated rings. The van der Waals surface area contributed by atoms with Crippen LogP contribution in [0.15, 0.2) is 42.6 Å². The van der Waals surface area contributed by atoms with Gasteiger partial charge < -0.3 is 14.2 Å². The fraction of sp³-hybridized carbons (Fsp3) is 0.316. The molecular formula is C19H19N3O2S. The van der Waals surface area contributed by atoms with E-state index in [2.05, 4.69) is 6.07 Å². The third-order valence-electron chi connectivity index (χ3n) is 4.30. The van der Waals surface area contributed by atoms with Crippen molar-refractivity contribution in [3.63, 3.8) is 0 Å². The molecule has 25 heavy (non-hydrogen) atoms. The maximum atomic E-state index is 10.7. The van der Waals surface area contributed by atoms with E-state index < -0.39 is 0 Å². The van der Waals surface area contributed by atoms with Gasteiger partial charge >= 0.3 is 0 Å². The molecule has 0 radical (unpaired) electrons. The molecular weight excluding hydrogens is 334 g/mol. The number of hydrogen-bond acceptors (Lipinski definition) is 4. The number of aromatic nitrogens is 1. The van der Waals surface area contributed by atoms with Gasteiger partial charge in [-0.2, -0.15) is 5.26 Å². The first kappa shape index (κ1) is 17.2. The minimum Gasteiger partial charge on any atom is -0.490 e. The normalized spacial score (nSPS) is 14.8. The number of nitriles is 1. The van der Waals surface area contributed by atoms with E-state index in [0.29, 0.717) is 16.7 Å². The smallest absolute Gasteiger partial charge is 0.209 e. The molecule has 0 aliphatic carbocycles. The monoisotopic (exact) mass is 353 g/mol. The highest BCUT2D eigenvalue weighted by atomic mass is 32.1. The molecule has 0 N–H and O–H groups in total. The summed E-state index contributed by atoms with van der Waals surface area (Å²) in [5.41, 5.74) is 1.68. The first-order valence-electron chi connectivity index (χ1n) is 8.23. The second kappa shape index (κ2) is 7.95. The van der Waals surface area contributed by atoms with Crippen molar-refractivity contribution in [2.45, 2.75) is 25.5 Å². The van der Waals surface area contributed by atoms with Crippen molar-refractivity contribution in [1.29, 1.82) is 5.26 Å². The Kier molecular flexibility index (Phi) is 5.46. The summed E-state index contributed by atoms with van der Waals surface area (Å²) < 4.78 is 8.64. The van der Waals surface area contributed by atoms with E-state index in [0.717, 1.165) is 43.7 Å². The molecule has 3 rings (SSSR count). The third kappa shape index (κ3) is 4.46. The Hall–Kier alpha value is -2.65. The Bertz CT molecular complexity index is 848. The van der Waals surface area contributed by atoms with E-state index in [1.807, 2.05) is 41.1 Å². The van der Waals surface area contributed by atoms with Gasteiger partial charge in [-0.05, 0) is 23.8 Å². The Morgan fingerprint density at radius 2 is 2.08 bits per heavy atom. The molecule has 1 aliphatic heterocycles. The molecule has 1 aromatic carbocycles. The van der Waals surface area contributed by atoms with Crippen molar-refractivity contribution in [2.75, 3.05) is 13.1 Å². The Balaban J connectivity index is 1.66. The molecule has 5 nitrogen and oxygen atoms in total. The summed E-state index contributed by atoms with van der Waals surface area (Å²) in [6.45, 7) is 2.08. The number of carbonyl (C=O) groups is 1. The van der Waals surface area contributed by atoms with Crippen molar-refractivity contribution >= 4 is 18.6 Å². The van der Waals surface area contributed by atoms with E-state index in [9.17, 15) is 4.79 Å². The zero-order chi connectivity index (χ0) is 17.6. The van der Waals surface area contributed by atoms with Crippen LogP contribution in [0, 0.1) is 16.0 Å². The molecule has 1 amide bonds. The molecule has 2 aromatic rings. The van der Waals surface area contributed by atoms with Gasteiger partial charge in [0.2, 0.25) is 6.41 Å². The molecule has 6 heteroatoms. The Morgan fingerprint density at radius 3 is 2.76 bits per heavy atom. The summed E-state index contributed by atoms with van der Waals surface area (Å²) in [4.78, 5) is 12.5. The lowest BCUT2D eigenvalue weighted by atomic mass is 10.1. The molecule has 1 aliphatic rings. The Morgan fingerprint density at radius 1 is 1.28 bits per heavy atom. The predicted octanol–water partition coefficient (Wildman–Crippen LogP) is 3.14. The number of likely N-dealkylation sites (tertiary alicyclic amines) is 1. The second-order valence-corrected chi connectivity index (χ2v) is 6.52. The molecule has 0 unspecified atom stereocenters. The molecule has 1 saturated heterocycles. The van der Waals surface area contributed by atoms with Gasteiger partial charge in [-0.3, -0.25) is 4.79 Å². The predicted molar refractivity (Wildman–Crippen MR) is 96.8 cm³/mol. The fourth-order valence-electron chi connectivity index (χ4n) is 2.92. The van der Waals surface area contributed by atoms with Gasteiger partial charge in [0, 0.05) is 44.7 Å². The molecule has 0 atom stereocenters. The van der Waals surface area contributed by atoms with Crippen molar-refractivity contribution in [3.05, 3.63) is 58.4 Å². The van der Waals surface area contributed by atoms with Gasteiger partial charge in [-0.25, -0.2) is 0 Å². The highest BCUT2D eigenvalue weighted by Gasteiger charge is 2.19. The minimum atomic E-state index is 0.119. The van der Waals surface area contributed by atoms with Crippen LogP contribution < -0.4 is 4.74 Å². The van der Waals surface area contributed by atoms with E-state index >= 15 is 0 Å². The van der Waals surface area contributed by atoms with Gasteiger partial charge in [-0.1, -0.05) is 24.4 Å². The van der Waals surface area contributed by atoms with Crippen molar-refractivity contribution in [2.24, 2.45) is 0 Å². The number of piperidine rings is 1. The van der Waals surface area contributed by atoms with Crippen LogP contribution in [0.25, 0.3) is 0 Å². The zero-order valence-electron chi connectivity index (χ0n) is 13.8. The minimum absolute atomic E-state index is 0.119. The molecule has 0 bridgehead atoms. The molecule has 1 aromatic heterocycles. The van der Waals surface area contributed by atoms with Crippen LogP contribution in [0.1, 0.15) is 24.0 Å². The van der Waals surface area contributed by atoms with Crippen LogP contribution in [0.3, 0.4) is 0 Å². The molecule has 128 valence electrons. The summed E-state index contributed by atoms with van der Waals surface area (Å²) in [7, 11) is 0. The number of amides is 1. The molecule has 0 saturated carbocycles. The van der Waals surface area contributed by atoms with Gasteiger partial charge in [0.15, 0.2) is 0 Å². The number of nitrogens with zero attached hydrogens (tertiary/aromatic N) is 3. The zero-order valence-corrected chi connectivity index (χ0v) is 14.6. The maximum absolute atomic E-state index is 10.7. The lowest BCUT2D eigenvalue weighted by Gasteiger charge is -2.29. The van der Waals surface area contributed by atoms with Crippen molar-refractivity contribution < 1.29 is 9.53 Å². The van der Waals surface area contributed by atoms with Crippen LogP contribution in [0.5, 0.6) is 5.75 Å².